The van der Waals surface area contributed by atoms with Gasteiger partial charge in [0, 0.05) is 18.0 Å². The first-order valence-electron chi connectivity index (χ1n) is 6.68. The van der Waals surface area contributed by atoms with Crippen molar-refractivity contribution in [3.8, 4) is 0 Å². The van der Waals surface area contributed by atoms with Crippen molar-refractivity contribution in [3.63, 3.8) is 0 Å². The molecule has 1 aromatic carbocycles. The number of nitrogens with one attached hydrogen (secondary N) is 2. The molecule has 2 rings (SSSR count). The molecule has 0 fully saturated rings. The standard InChI is InChI=1S/C14H18ClN3O2/c15-11-4-1-3-10-9(11)6-7-12(10)18-14(20)17-8-2-5-13(16)19/h1,3-4,12H,2,5-8H2,(H2,16,19)(H2,17,18,20)/t12-/m0/s1. The first kappa shape index (κ1) is 14.7. The number of carbonyl (C=O) groups is 2. The highest BCUT2D eigenvalue weighted by atomic mass is 35.5. The predicted octanol–water partition coefficient (Wildman–Crippen LogP) is 1.89. The van der Waals surface area contributed by atoms with E-state index >= 15 is 0 Å². The number of primary amides is 1. The smallest absolute Gasteiger partial charge is 0.315 e. The lowest BCUT2D eigenvalue weighted by Gasteiger charge is -2.15. The number of halogens is 1. The number of hydrogen-bond acceptors (Lipinski definition) is 2. The Labute approximate surface area is 122 Å². The van der Waals surface area contributed by atoms with Crippen LogP contribution in [0.5, 0.6) is 0 Å². The van der Waals surface area contributed by atoms with E-state index in [0.717, 1.165) is 29.0 Å². The summed E-state index contributed by atoms with van der Waals surface area (Å²) in [6.07, 6.45) is 2.56. The van der Waals surface area contributed by atoms with Gasteiger partial charge in [0.25, 0.3) is 0 Å². The molecule has 1 atom stereocenters. The molecule has 6 heteroatoms. The Morgan fingerprint density at radius 1 is 1.40 bits per heavy atom. The third-order valence-corrected chi connectivity index (χ3v) is 3.76. The van der Waals surface area contributed by atoms with Gasteiger partial charge in [0.15, 0.2) is 0 Å². The van der Waals surface area contributed by atoms with Gasteiger partial charge in [-0.05, 0) is 36.5 Å². The monoisotopic (exact) mass is 295 g/mol. The van der Waals surface area contributed by atoms with Crippen LogP contribution in [-0.4, -0.2) is 18.5 Å². The largest absolute Gasteiger partial charge is 0.370 e. The maximum absolute atomic E-state index is 11.8. The first-order chi connectivity index (χ1) is 9.58. The van der Waals surface area contributed by atoms with Crippen molar-refractivity contribution >= 4 is 23.5 Å². The maximum atomic E-state index is 11.8. The molecule has 0 saturated carbocycles. The molecule has 1 aliphatic carbocycles. The summed E-state index contributed by atoms with van der Waals surface area (Å²) in [6.45, 7) is 0.434. The Bertz CT molecular complexity index is 519. The minimum absolute atomic E-state index is 0.000148. The molecular weight excluding hydrogens is 278 g/mol. The van der Waals surface area contributed by atoms with Gasteiger partial charge < -0.3 is 16.4 Å². The minimum atomic E-state index is -0.355. The van der Waals surface area contributed by atoms with Crippen LogP contribution in [-0.2, 0) is 11.2 Å². The van der Waals surface area contributed by atoms with Crippen molar-refractivity contribution in [2.24, 2.45) is 5.73 Å². The van der Waals surface area contributed by atoms with Gasteiger partial charge in [0.05, 0.1) is 6.04 Å². The molecule has 0 aliphatic heterocycles. The quantitative estimate of drug-likeness (QED) is 0.725. The lowest BCUT2D eigenvalue weighted by atomic mass is 10.1. The molecule has 4 N–H and O–H groups in total. The summed E-state index contributed by atoms with van der Waals surface area (Å²) in [5, 5.41) is 6.40. The molecule has 0 heterocycles. The predicted molar refractivity (Wildman–Crippen MR) is 77.5 cm³/mol. The number of urea groups is 1. The van der Waals surface area contributed by atoms with E-state index in [1.165, 1.54) is 0 Å². The van der Waals surface area contributed by atoms with Crippen LogP contribution in [0.3, 0.4) is 0 Å². The Hall–Kier alpha value is -1.75. The third kappa shape index (κ3) is 3.63. The van der Waals surface area contributed by atoms with Gasteiger partial charge in [-0.15, -0.1) is 0 Å². The lowest BCUT2D eigenvalue weighted by Crippen LogP contribution is -2.38. The minimum Gasteiger partial charge on any atom is -0.370 e. The van der Waals surface area contributed by atoms with Crippen LogP contribution in [0, 0.1) is 0 Å². The molecule has 1 aliphatic rings. The van der Waals surface area contributed by atoms with Gasteiger partial charge >= 0.3 is 6.03 Å². The van der Waals surface area contributed by atoms with Crippen LogP contribution < -0.4 is 16.4 Å². The number of hydrogen-bond donors (Lipinski definition) is 3. The van der Waals surface area contributed by atoms with E-state index in [2.05, 4.69) is 10.6 Å². The number of fused-ring (bicyclic) bond motifs is 1. The summed E-state index contributed by atoms with van der Waals surface area (Å²) in [7, 11) is 0. The van der Waals surface area contributed by atoms with Gasteiger partial charge in [-0.3, -0.25) is 4.79 Å². The maximum Gasteiger partial charge on any atom is 0.315 e. The molecule has 5 nitrogen and oxygen atoms in total. The van der Waals surface area contributed by atoms with Crippen LogP contribution in [0.15, 0.2) is 18.2 Å². The zero-order valence-electron chi connectivity index (χ0n) is 11.1. The summed E-state index contributed by atoms with van der Waals surface area (Å²) in [4.78, 5) is 22.3. The highest BCUT2D eigenvalue weighted by Gasteiger charge is 2.25. The van der Waals surface area contributed by atoms with E-state index in [4.69, 9.17) is 17.3 Å². The van der Waals surface area contributed by atoms with Crippen molar-refractivity contribution in [1.29, 1.82) is 0 Å². The van der Waals surface area contributed by atoms with Crippen molar-refractivity contribution in [2.45, 2.75) is 31.7 Å². The Morgan fingerprint density at radius 2 is 2.20 bits per heavy atom. The second-order valence-corrected chi connectivity index (χ2v) is 5.28. The third-order valence-electron chi connectivity index (χ3n) is 3.40. The molecule has 108 valence electrons. The average Bonchev–Trinajstić information content (AvgIpc) is 2.79. The second kappa shape index (κ2) is 6.61. The molecule has 0 bridgehead atoms. The number of rotatable bonds is 5. The summed E-state index contributed by atoms with van der Waals surface area (Å²) < 4.78 is 0. The number of benzene rings is 1. The summed E-state index contributed by atoms with van der Waals surface area (Å²) in [5.41, 5.74) is 7.24. The van der Waals surface area contributed by atoms with E-state index in [0.29, 0.717) is 13.0 Å². The fourth-order valence-corrected chi connectivity index (χ4v) is 2.71. The SMILES string of the molecule is NC(=O)CCCNC(=O)N[C@H]1CCc2c(Cl)cccc21. The van der Waals surface area contributed by atoms with Gasteiger partial charge in [-0.2, -0.15) is 0 Å². The highest BCUT2D eigenvalue weighted by molar-refractivity contribution is 6.31. The summed E-state index contributed by atoms with van der Waals surface area (Å²) >= 11 is 6.13. The fourth-order valence-electron chi connectivity index (χ4n) is 2.43. The van der Waals surface area contributed by atoms with Crippen LogP contribution in [0.25, 0.3) is 0 Å². The van der Waals surface area contributed by atoms with Crippen molar-refractivity contribution < 1.29 is 9.59 Å². The normalized spacial score (nSPS) is 16.6. The Kier molecular flexibility index (Phi) is 4.84. The lowest BCUT2D eigenvalue weighted by molar-refractivity contribution is -0.118. The summed E-state index contributed by atoms with van der Waals surface area (Å²) in [5.74, 6) is -0.355. The number of nitrogens with two attached hydrogens (primary N) is 1. The van der Waals surface area contributed by atoms with Crippen LogP contribution >= 0.6 is 11.6 Å². The van der Waals surface area contributed by atoms with Crippen LogP contribution in [0.1, 0.15) is 36.4 Å². The summed E-state index contributed by atoms with van der Waals surface area (Å²) in [6, 6.07) is 5.53. The van der Waals surface area contributed by atoms with E-state index in [1.54, 1.807) is 0 Å². The highest BCUT2D eigenvalue weighted by Crippen LogP contribution is 2.35. The Balaban J connectivity index is 1.82. The van der Waals surface area contributed by atoms with Gasteiger partial charge in [-0.1, -0.05) is 23.7 Å². The molecule has 0 radical (unpaired) electrons. The zero-order chi connectivity index (χ0) is 14.5. The number of amides is 3. The van der Waals surface area contributed by atoms with E-state index in [-0.39, 0.29) is 24.4 Å². The molecule has 0 unspecified atom stereocenters. The number of carbonyl (C=O) groups excluding carboxylic acids is 2. The van der Waals surface area contributed by atoms with E-state index in [9.17, 15) is 9.59 Å². The second-order valence-electron chi connectivity index (χ2n) is 4.87. The molecule has 0 aromatic heterocycles. The first-order valence-corrected chi connectivity index (χ1v) is 7.05. The average molecular weight is 296 g/mol. The molecule has 3 amide bonds. The van der Waals surface area contributed by atoms with Crippen LogP contribution in [0.2, 0.25) is 5.02 Å². The Morgan fingerprint density at radius 3 is 2.95 bits per heavy atom. The molecule has 0 saturated heterocycles. The van der Waals surface area contributed by atoms with Crippen molar-refractivity contribution in [3.05, 3.63) is 34.3 Å². The van der Waals surface area contributed by atoms with E-state index in [1.807, 2.05) is 18.2 Å². The van der Waals surface area contributed by atoms with E-state index < -0.39 is 0 Å². The van der Waals surface area contributed by atoms with Gasteiger partial charge in [0.2, 0.25) is 5.91 Å². The fraction of sp³-hybridized carbons (Fsp3) is 0.429. The topological polar surface area (TPSA) is 84.2 Å². The van der Waals surface area contributed by atoms with Crippen LogP contribution in [0.4, 0.5) is 4.79 Å². The molecule has 1 aromatic rings. The van der Waals surface area contributed by atoms with Crippen molar-refractivity contribution in [2.75, 3.05) is 6.54 Å². The molecular formula is C14H18ClN3O2. The molecule has 0 spiro atoms. The van der Waals surface area contributed by atoms with Gasteiger partial charge in [-0.25, -0.2) is 4.79 Å². The van der Waals surface area contributed by atoms with Gasteiger partial charge in [0.1, 0.15) is 0 Å². The van der Waals surface area contributed by atoms with Crippen molar-refractivity contribution in [1.82, 2.24) is 10.6 Å². The molecule has 20 heavy (non-hydrogen) atoms. The zero-order valence-corrected chi connectivity index (χ0v) is 11.9.